The number of aliphatic hydroxyl groups excluding tert-OH is 1. The molecular weight excluding hydrogens is 241 g/mol. The van der Waals surface area contributed by atoms with Crippen LogP contribution in [0.15, 0.2) is 42.5 Å². The van der Waals surface area contributed by atoms with Gasteiger partial charge in [-0.15, -0.1) is 0 Å². The monoisotopic (exact) mass is 259 g/mol. The lowest BCUT2D eigenvalue weighted by Gasteiger charge is -2.25. The van der Waals surface area contributed by atoms with E-state index in [0.717, 1.165) is 11.3 Å². The first-order chi connectivity index (χ1) is 9.17. The maximum atomic E-state index is 14.1. The summed E-state index contributed by atoms with van der Waals surface area (Å²) in [6.07, 6.45) is 0. The molecule has 0 saturated carbocycles. The lowest BCUT2D eigenvalue weighted by molar-refractivity contribution is 0.281. The number of para-hydroxylation sites is 1. The van der Waals surface area contributed by atoms with E-state index in [4.69, 9.17) is 5.11 Å². The molecule has 0 unspecified atom stereocenters. The average Bonchev–Trinajstić information content (AvgIpc) is 2.43. The Balaban J connectivity index is 2.46. The van der Waals surface area contributed by atoms with Crippen molar-refractivity contribution in [2.75, 3.05) is 11.4 Å². The highest BCUT2D eigenvalue weighted by molar-refractivity contribution is 5.66. The van der Waals surface area contributed by atoms with Crippen LogP contribution in [0.4, 0.5) is 15.8 Å². The standard InChI is InChI=1S/C16H18FNO/c1-3-18(15-7-5-4-6-12(15)2)16-9-8-13(11-19)10-14(16)17/h4-10,19H,3,11H2,1-2H3. The lowest BCUT2D eigenvalue weighted by Crippen LogP contribution is -2.18. The van der Waals surface area contributed by atoms with E-state index in [9.17, 15) is 4.39 Å². The van der Waals surface area contributed by atoms with Gasteiger partial charge in [0, 0.05) is 12.2 Å². The molecule has 0 spiro atoms. The Bertz CT molecular complexity index is 568. The highest BCUT2D eigenvalue weighted by atomic mass is 19.1. The molecule has 0 amide bonds. The lowest BCUT2D eigenvalue weighted by atomic mass is 10.1. The van der Waals surface area contributed by atoms with Gasteiger partial charge < -0.3 is 10.0 Å². The highest BCUT2D eigenvalue weighted by Gasteiger charge is 2.13. The zero-order valence-electron chi connectivity index (χ0n) is 11.2. The molecule has 100 valence electrons. The Morgan fingerprint density at radius 3 is 2.42 bits per heavy atom. The minimum atomic E-state index is -0.309. The van der Waals surface area contributed by atoms with Crippen LogP contribution in [0.5, 0.6) is 0 Å². The number of hydrogen-bond acceptors (Lipinski definition) is 2. The number of hydrogen-bond donors (Lipinski definition) is 1. The third-order valence-corrected chi connectivity index (χ3v) is 3.21. The van der Waals surface area contributed by atoms with Gasteiger partial charge in [0.05, 0.1) is 12.3 Å². The quantitative estimate of drug-likeness (QED) is 0.903. The summed E-state index contributed by atoms with van der Waals surface area (Å²) >= 11 is 0. The summed E-state index contributed by atoms with van der Waals surface area (Å²) in [4.78, 5) is 1.94. The number of aliphatic hydroxyl groups is 1. The van der Waals surface area contributed by atoms with Crippen molar-refractivity contribution in [3.05, 3.63) is 59.4 Å². The second kappa shape index (κ2) is 5.85. The molecule has 19 heavy (non-hydrogen) atoms. The minimum absolute atomic E-state index is 0.145. The first kappa shape index (κ1) is 13.6. The highest BCUT2D eigenvalue weighted by Crippen LogP contribution is 2.30. The zero-order chi connectivity index (χ0) is 13.8. The molecule has 0 aromatic heterocycles. The largest absolute Gasteiger partial charge is 0.392 e. The molecule has 0 aliphatic carbocycles. The fourth-order valence-corrected chi connectivity index (χ4v) is 2.20. The van der Waals surface area contributed by atoms with Crippen LogP contribution in [0.2, 0.25) is 0 Å². The second-order valence-corrected chi connectivity index (χ2v) is 4.47. The van der Waals surface area contributed by atoms with Crippen molar-refractivity contribution in [3.63, 3.8) is 0 Å². The van der Waals surface area contributed by atoms with E-state index >= 15 is 0 Å². The van der Waals surface area contributed by atoms with Crippen LogP contribution >= 0.6 is 0 Å². The van der Waals surface area contributed by atoms with Crippen LogP contribution in [0.3, 0.4) is 0 Å². The minimum Gasteiger partial charge on any atom is -0.392 e. The molecule has 3 heteroatoms. The first-order valence-corrected chi connectivity index (χ1v) is 6.39. The van der Waals surface area contributed by atoms with Gasteiger partial charge >= 0.3 is 0 Å². The van der Waals surface area contributed by atoms with Crippen molar-refractivity contribution in [1.82, 2.24) is 0 Å². The van der Waals surface area contributed by atoms with Crippen molar-refractivity contribution in [2.24, 2.45) is 0 Å². The molecule has 1 N–H and O–H groups in total. The summed E-state index contributed by atoms with van der Waals surface area (Å²) in [7, 11) is 0. The third-order valence-electron chi connectivity index (χ3n) is 3.21. The molecule has 0 bridgehead atoms. The van der Waals surface area contributed by atoms with Crippen molar-refractivity contribution in [3.8, 4) is 0 Å². The number of aryl methyl sites for hydroxylation is 1. The number of benzene rings is 2. The second-order valence-electron chi connectivity index (χ2n) is 4.47. The summed E-state index contributed by atoms with van der Waals surface area (Å²) in [5, 5.41) is 9.03. The van der Waals surface area contributed by atoms with E-state index in [0.29, 0.717) is 17.8 Å². The number of rotatable bonds is 4. The third kappa shape index (κ3) is 2.76. The van der Waals surface area contributed by atoms with Crippen molar-refractivity contribution < 1.29 is 9.50 Å². The number of nitrogens with zero attached hydrogens (tertiary/aromatic N) is 1. The molecule has 0 heterocycles. The average molecular weight is 259 g/mol. The molecular formula is C16H18FNO. The summed E-state index contributed by atoms with van der Waals surface area (Å²) in [5.41, 5.74) is 3.23. The maximum absolute atomic E-state index is 14.1. The van der Waals surface area contributed by atoms with E-state index in [1.54, 1.807) is 12.1 Å². The van der Waals surface area contributed by atoms with Crippen LogP contribution in [-0.4, -0.2) is 11.7 Å². The molecule has 0 aliphatic rings. The van der Waals surface area contributed by atoms with E-state index in [1.807, 2.05) is 43.0 Å². The van der Waals surface area contributed by atoms with Crippen LogP contribution < -0.4 is 4.90 Å². The Morgan fingerprint density at radius 1 is 1.11 bits per heavy atom. The van der Waals surface area contributed by atoms with Crippen LogP contribution in [0.1, 0.15) is 18.1 Å². The SMILES string of the molecule is CCN(c1ccccc1C)c1ccc(CO)cc1F. The van der Waals surface area contributed by atoms with E-state index in [2.05, 4.69) is 0 Å². The number of halogens is 1. The van der Waals surface area contributed by atoms with Gasteiger partial charge in [0.25, 0.3) is 0 Å². The molecule has 2 nitrogen and oxygen atoms in total. The molecule has 0 aliphatic heterocycles. The Kier molecular flexibility index (Phi) is 4.17. The Morgan fingerprint density at radius 2 is 1.84 bits per heavy atom. The fourth-order valence-electron chi connectivity index (χ4n) is 2.20. The van der Waals surface area contributed by atoms with Crippen LogP contribution in [0, 0.1) is 12.7 Å². The summed E-state index contributed by atoms with van der Waals surface area (Å²) in [6, 6.07) is 12.8. The van der Waals surface area contributed by atoms with Gasteiger partial charge in [-0.3, -0.25) is 0 Å². The van der Waals surface area contributed by atoms with Gasteiger partial charge in [-0.05, 0) is 43.2 Å². The molecule has 2 rings (SSSR count). The summed E-state index contributed by atoms with van der Waals surface area (Å²) in [6.45, 7) is 4.54. The van der Waals surface area contributed by atoms with Gasteiger partial charge in [-0.1, -0.05) is 24.3 Å². The maximum Gasteiger partial charge on any atom is 0.147 e. The van der Waals surface area contributed by atoms with Gasteiger partial charge in [-0.2, -0.15) is 0 Å². The predicted molar refractivity (Wildman–Crippen MR) is 76.2 cm³/mol. The normalized spacial score (nSPS) is 10.5. The molecule has 0 fully saturated rings. The Hall–Kier alpha value is -1.87. The van der Waals surface area contributed by atoms with Gasteiger partial charge in [0.15, 0.2) is 0 Å². The smallest absolute Gasteiger partial charge is 0.147 e. The molecule has 0 radical (unpaired) electrons. The number of anilines is 2. The molecule has 2 aromatic rings. The van der Waals surface area contributed by atoms with Gasteiger partial charge in [-0.25, -0.2) is 4.39 Å². The van der Waals surface area contributed by atoms with Crippen molar-refractivity contribution in [2.45, 2.75) is 20.5 Å². The predicted octanol–water partition coefficient (Wildman–Crippen LogP) is 3.78. The van der Waals surface area contributed by atoms with Crippen LogP contribution in [-0.2, 0) is 6.61 Å². The first-order valence-electron chi connectivity index (χ1n) is 6.39. The zero-order valence-corrected chi connectivity index (χ0v) is 11.2. The van der Waals surface area contributed by atoms with Gasteiger partial charge in [0.2, 0.25) is 0 Å². The Labute approximate surface area is 113 Å². The van der Waals surface area contributed by atoms with Crippen LogP contribution in [0.25, 0.3) is 0 Å². The molecule has 0 atom stereocenters. The molecule has 0 saturated heterocycles. The summed E-state index contributed by atoms with van der Waals surface area (Å²) in [5.74, 6) is -0.309. The molecule has 2 aromatic carbocycles. The van der Waals surface area contributed by atoms with Crippen molar-refractivity contribution in [1.29, 1.82) is 0 Å². The van der Waals surface area contributed by atoms with Crippen molar-refractivity contribution >= 4 is 11.4 Å². The fraction of sp³-hybridized carbons (Fsp3) is 0.250. The summed E-state index contributed by atoms with van der Waals surface area (Å²) < 4.78 is 14.1. The van der Waals surface area contributed by atoms with E-state index in [1.165, 1.54) is 6.07 Å². The van der Waals surface area contributed by atoms with E-state index < -0.39 is 0 Å². The topological polar surface area (TPSA) is 23.5 Å². The van der Waals surface area contributed by atoms with E-state index in [-0.39, 0.29) is 12.4 Å². The van der Waals surface area contributed by atoms with Gasteiger partial charge in [0.1, 0.15) is 5.82 Å².